The molecule has 0 bridgehead atoms. The first-order valence-electron chi connectivity index (χ1n) is 3.24. The Labute approximate surface area is 74.9 Å². The van der Waals surface area contributed by atoms with Gasteiger partial charge in [0.25, 0.3) is 5.92 Å². The Balaban J connectivity index is 0.00000121. The second-order valence-electron chi connectivity index (χ2n) is 2.47. The summed E-state index contributed by atoms with van der Waals surface area (Å²) >= 11 is 0. The Bertz CT molecular complexity index is 177. The van der Waals surface area contributed by atoms with Gasteiger partial charge in [0.2, 0.25) is 0 Å². The zero-order valence-electron chi connectivity index (χ0n) is 6.47. The van der Waals surface area contributed by atoms with Gasteiger partial charge in [-0.05, 0) is 0 Å². The molecule has 1 atom stereocenters. The van der Waals surface area contributed by atoms with E-state index >= 15 is 0 Å². The lowest BCUT2D eigenvalue weighted by atomic mass is 10.1. The lowest BCUT2D eigenvalue weighted by molar-refractivity contribution is -0.155. The van der Waals surface area contributed by atoms with E-state index in [1.807, 2.05) is 0 Å². The Hall–Kier alpha value is -0.420. The van der Waals surface area contributed by atoms with Crippen LogP contribution >= 0.6 is 12.4 Å². The van der Waals surface area contributed by atoms with Crippen molar-refractivity contribution < 1.29 is 18.3 Å². The van der Waals surface area contributed by atoms with Crippen LogP contribution in [0.5, 0.6) is 0 Å². The van der Waals surface area contributed by atoms with Gasteiger partial charge in [-0.3, -0.25) is 4.79 Å². The fraction of sp³-hybridized carbons (Fsp3) is 0.833. The van der Waals surface area contributed by atoms with E-state index in [0.717, 1.165) is 7.11 Å². The summed E-state index contributed by atoms with van der Waals surface area (Å²) in [6.45, 7) is -0.438. The molecular weight excluding hydrogens is 192 g/mol. The molecule has 1 heterocycles. The summed E-state index contributed by atoms with van der Waals surface area (Å²) < 4.78 is 29.6. The number of carbonyl (C=O) groups excluding carboxylic acids is 1. The van der Waals surface area contributed by atoms with E-state index in [1.165, 1.54) is 0 Å². The molecule has 1 saturated heterocycles. The highest BCUT2D eigenvalue weighted by Crippen LogP contribution is 2.28. The molecule has 0 radical (unpaired) electrons. The van der Waals surface area contributed by atoms with Crippen molar-refractivity contribution in [1.29, 1.82) is 0 Å². The van der Waals surface area contributed by atoms with Gasteiger partial charge in [0.1, 0.15) is 5.92 Å². The Morgan fingerprint density at radius 2 is 2.25 bits per heavy atom. The number of esters is 1. The molecule has 0 aromatic heterocycles. The van der Waals surface area contributed by atoms with Crippen LogP contribution < -0.4 is 5.32 Å². The quantitative estimate of drug-likeness (QED) is 0.626. The van der Waals surface area contributed by atoms with Gasteiger partial charge in [-0.15, -0.1) is 12.4 Å². The van der Waals surface area contributed by atoms with Gasteiger partial charge in [0.05, 0.1) is 13.7 Å². The number of alkyl halides is 2. The molecule has 3 nitrogen and oxygen atoms in total. The van der Waals surface area contributed by atoms with Gasteiger partial charge < -0.3 is 10.1 Å². The van der Waals surface area contributed by atoms with Crippen molar-refractivity contribution >= 4 is 18.4 Å². The van der Waals surface area contributed by atoms with E-state index in [0.29, 0.717) is 0 Å². The molecule has 12 heavy (non-hydrogen) atoms. The van der Waals surface area contributed by atoms with Crippen molar-refractivity contribution in [2.24, 2.45) is 5.92 Å². The molecule has 1 aliphatic rings. The van der Waals surface area contributed by atoms with Crippen molar-refractivity contribution in [3.05, 3.63) is 0 Å². The second kappa shape index (κ2) is 4.00. The molecule has 0 saturated carbocycles. The Kier molecular flexibility index (Phi) is 3.86. The average Bonchev–Trinajstić information content (AvgIpc) is 2.28. The van der Waals surface area contributed by atoms with Crippen LogP contribution in [0.4, 0.5) is 8.78 Å². The minimum atomic E-state index is -2.95. The fourth-order valence-electron chi connectivity index (χ4n) is 1.05. The first-order chi connectivity index (χ1) is 5.08. The highest BCUT2D eigenvalue weighted by atomic mass is 35.5. The second-order valence-corrected chi connectivity index (χ2v) is 2.47. The molecule has 72 valence electrons. The van der Waals surface area contributed by atoms with Crippen molar-refractivity contribution in [3.8, 4) is 0 Å². The molecule has 1 aliphatic heterocycles. The number of nitrogens with one attached hydrogen (secondary N) is 1. The molecule has 6 heteroatoms. The van der Waals surface area contributed by atoms with E-state index in [1.54, 1.807) is 0 Å². The molecule has 0 unspecified atom stereocenters. The number of carbonyl (C=O) groups is 1. The van der Waals surface area contributed by atoms with Crippen LogP contribution in [0.1, 0.15) is 0 Å². The largest absolute Gasteiger partial charge is 0.469 e. The predicted octanol–water partition coefficient (Wildman–Crippen LogP) is 0.436. The third kappa shape index (κ3) is 2.04. The van der Waals surface area contributed by atoms with Gasteiger partial charge in [0.15, 0.2) is 0 Å². The summed E-state index contributed by atoms with van der Waals surface area (Å²) in [5, 5.41) is 2.43. The standard InChI is InChI=1S/C6H9F2NO2.ClH/c1-11-5(10)4-2-9-3-6(4,7)8;/h4,9H,2-3H2,1H3;1H/t4-;/m1./s1. The molecule has 0 spiro atoms. The van der Waals surface area contributed by atoms with Crippen LogP contribution in [0.3, 0.4) is 0 Å². The maximum atomic E-state index is 12.7. The van der Waals surface area contributed by atoms with Gasteiger partial charge in [-0.25, -0.2) is 8.78 Å². The summed E-state index contributed by atoms with van der Waals surface area (Å²) in [5.41, 5.74) is 0. The zero-order chi connectivity index (χ0) is 8.48. The number of methoxy groups -OCH3 is 1. The van der Waals surface area contributed by atoms with Gasteiger partial charge in [-0.2, -0.15) is 0 Å². The third-order valence-electron chi connectivity index (χ3n) is 1.70. The highest BCUT2D eigenvalue weighted by molar-refractivity contribution is 5.85. The number of hydrogen-bond acceptors (Lipinski definition) is 3. The monoisotopic (exact) mass is 201 g/mol. The molecule has 0 aromatic carbocycles. The molecular formula is C6H10ClF2NO2. The fourth-order valence-corrected chi connectivity index (χ4v) is 1.05. The third-order valence-corrected chi connectivity index (χ3v) is 1.70. The lowest BCUT2D eigenvalue weighted by Gasteiger charge is -2.14. The zero-order valence-corrected chi connectivity index (χ0v) is 7.29. The summed E-state index contributed by atoms with van der Waals surface area (Å²) in [7, 11) is 1.11. The maximum Gasteiger partial charge on any atom is 0.316 e. The number of rotatable bonds is 1. The summed E-state index contributed by atoms with van der Waals surface area (Å²) in [4.78, 5) is 10.7. The topological polar surface area (TPSA) is 38.3 Å². The van der Waals surface area contributed by atoms with Gasteiger partial charge in [-0.1, -0.05) is 0 Å². The van der Waals surface area contributed by atoms with Crippen molar-refractivity contribution in [2.75, 3.05) is 20.2 Å². The number of hydrogen-bond donors (Lipinski definition) is 1. The maximum absolute atomic E-state index is 12.7. The van der Waals surface area contributed by atoms with Gasteiger partial charge in [0, 0.05) is 6.54 Å². The van der Waals surface area contributed by atoms with Crippen LogP contribution in [0, 0.1) is 5.92 Å². The Morgan fingerprint density at radius 3 is 2.58 bits per heavy atom. The average molecular weight is 202 g/mol. The minimum Gasteiger partial charge on any atom is -0.469 e. The van der Waals surface area contributed by atoms with Crippen molar-refractivity contribution in [1.82, 2.24) is 5.32 Å². The van der Waals surface area contributed by atoms with Crippen LogP contribution in [0.2, 0.25) is 0 Å². The summed E-state index contributed by atoms with van der Waals surface area (Å²) in [5.74, 6) is -5.11. The first-order valence-corrected chi connectivity index (χ1v) is 3.24. The molecule has 1 N–H and O–H groups in total. The minimum absolute atomic E-state index is 0. The van der Waals surface area contributed by atoms with E-state index in [-0.39, 0.29) is 19.0 Å². The van der Waals surface area contributed by atoms with Crippen molar-refractivity contribution in [2.45, 2.75) is 5.92 Å². The van der Waals surface area contributed by atoms with Crippen LogP contribution in [0.25, 0.3) is 0 Å². The molecule has 0 amide bonds. The molecule has 1 rings (SSSR count). The Morgan fingerprint density at radius 1 is 1.67 bits per heavy atom. The van der Waals surface area contributed by atoms with Crippen LogP contribution in [0.15, 0.2) is 0 Å². The number of halogens is 3. The van der Waals surface area contributed by atoms with Crippen molar-refractivity contribution in [3.63, 3.8) is 0 Å². The summed E-state index contributed by atoms with van der Waals surface area (Å²) in [6.07, 6.45) is 0. The summed E-state index contributed by atoms with van der Waals surface area (Å²) in [6, 6.07) is 0. The van der Waals surface area contributed by atoms with Gasteiger partial charge >= 0.3 is 5.97 Å². The molecule has 0 aromatic rings. The first kappa shape index (κ1) is 11.6. The van der Waals surface area contributed by atoms with E-state index in [4.69, 9.17) is 0 Å². The molecule has 0 aliphatic carbocycles. The SMILES string of the molecule is COC(=O)[C@H]1CNCC1(F)F.Cl. The highest BCUT2D eigenvalue weighted by Gasteiger charge is 2.48. The lowest BCUT2D eigenvalue weighted by Crippen LogP contribution is -2.33. The predicted molar refractivity (Wildman–Crippen MR) is 40.6 cm³/mol. The van der Waals surface area contributed by atoms with E-state index in [9.17, 15) is 13.6 Å². The number of ether oxygens (including phenoxy) is 1. The smallest absolute Gasteiger partial charge is 0.316 e. The normalized spacial score (nSPS) is 26.1. The van der Waals surface area contributed by atoms with Crippen LogP contribution in [-0.4, -0.2) is 32.1 Å². The van der Waals surface area contributed by atoms with Crippen LogP contribution in [-0.2, 0) is 9.53 Å². The van der Waals surface area contributed by atoms with E-state index in [2.05, 4.69) is 10.1 Å². The molecule has 1 fully saturated rings. The van der Waals surface area contributed by atoms with E-state index < -0.39 is 24.4 Å².